The van der Waals surface area contributed by atoms with Crippen LogP contribution in [0.1, 0.15) is 57.6 Å². The second kappa shape index (κ2) is 7.00. The molecule has 1 aliphatic carbocycles. The normalized spacial score (nSPS) is 14.7. The van der Waals surface area contributed by atoms with E-state index in [2.05, 4.69) is 4.98 Å². The van der Waals surface area contributed by atoms with Gasteiger partial charge in [0.1, 0.15) is 0 Å². The van der Waals surface area contributed by atoms with Gasteiger partial charge in [-0.2, -0.15) is 13.2 Å². The summed E-state index contributed by atoms with van der Waals surface area (Å²) in [6.07, 6.45) is 0.853. The quantitative estimate of drug-likeness (QED) is 0.563. The van der Waals surface area contributed by atoms with E-state index in [0.29, 0.717) is 17.5 Å². The van der Waals surface area contributed by atoms with Gasteiger partial charge in [0.2, 0.25) is 0 Å². The predicted molar refractivity (Wildman–Crippen MR) is 101 cm³/mol. The van der Waals surface area contributed by atoms with Crippen LogP contribution in [-0.4, -0.2) is 16.1 Å². The summed E-state index contributed by atoms with van der Waals surface area (Å²) in [6, 6.07) is 8.61. The highest BCUT2D eigenvalue weighted by atomic mass is 19.4. The van der Waals surface area contributed by atoms with Crippen LogP contribution in [0.3, 0.4) is 0 Å². The number of rotatable bonds is 3. The van der Waals surface area contributed by atoms with Crippen molar-refractivity contribution in [2.75, 3.05) is 0 Å². The molecule has 28 heavy (non-hydrogen) atoms. The van der Waals surface area contributed by atoms with Gasteiger partial charge in [-0.05, 0) is 60.9 Å². The maximum atomic E-state index is 13.1. The Morgan fingerprint density at radius 3 is 2.61 bits per heavy atom. The zero-order chi connectivity index (χ0) is 19.9. The lowest BCUT2D eigenvalue weighted by molar-refractivity contribution is -0.137. The molecule has 0 saturated heterocycles. The van der Waals surface area contributed by atoms with Crippen LogP contribution in [-0.2, 0) is 25.4 Å². The molecule has 0 atom stereocenters. The first-order valence-electron chi connectivity index (χ1n) is 9.39. The number of benzene rings is 2. The van der Waals surface area contributed by atoms with Gasteiger partial charge in [0.05, 0.1) is 16.6 Å². The highest BCUT2D eigenvalue weighted by molar-refractivity contribution is 6.04. The van der Waals surface area contributed by atoms with Gasteiger partial charge >= 0.3 is 12.1 Å². The van der Waals surface area contributed by atoms with Crippen molar-refractivity contribution in [1.82, 2.24) is 4.98 Å². The molecule has 0 amide bonds. The number of aromatic carboxylic acids is 1. The number of aryl methyl sites for hydroxylation is 2. The van der Waals surface area contributed by atoms with Crippen LogP contribution in [0, 0.1) is 0 Å². The summed E-state index contributed by atoms with van der Waals surface area (Å²) in [6.45, 7) is 0. The number of hydrogen-bond acceptors (Lipinski definition) is 1. The summed E-state index contributed by atoms with van der Waals surface area (Å²) in [5.41, 5.74) is 3.72. The smallest absolute Gasteiger partial charge is 0.416 e. The lowest BCUT2D eigenvalue weighted by Crippen LogP contribution is -2.05. The topological polar surface area (TPSA) is 53.1 Å². The van der Waals surface area contributed by atoms with Gasteiger partial charge < -0.3 is 10.1 Å². The zero-order valence-electron chi connectivity index (χ0n) is 15.2. The molecule has 2 aromatic carbocycles. The molecular formula is C22H20F3NO2. The number of H-pyrrole nitrogens is 1. The molecule has 0 unspecified atom stereocenters. The number of hydrogen-bond donors (Lipinski definition) is 2. The molecule has 3 aromatic rings. The summed E-state index contributed by atoms with van der Waals surface area (Å²) in [7, 11) is 0. The van der Waals surface area contributed by atoms with Crippen LogP contribution >= 0.6 is 0 Å². The maximum Gasteiger partial charge on any atom is 0.416 e. The fourth-order valence-electron chi connectivity index (χ4n) is 4.17. The molecular weight excluding hydrogens is 367 g/mol. The molecule has 0 bridgehead atoms. The number of carboxylic acids is 1. The van der Waals surface area contributed by atoms with E-state index < -0.39 is 17.7 Å². The molecule has 1 aliphatic rings. The fourth-order valence-corrected chi connectivity index (χ4v) is 4.17. The summed E-state index contributed by atoms with van der Waals surface area (Å²) < 4.78 is 39.2. The van der Waals surface area contributed by atoms with Gasteiger partial charge in [-0.25, -0.2) is 4.79 Å². The monoisotopic (exact) mass is 387 g/mol. The number of carbonyl (C=O) groups is 1. The molecule has 0 radical (unpaired) electrons. The van der Waals surface area contributed by atoms with E-state index >= 15 is 0 Å². The number of carboxylic acid groups (broad SMARTS) is 1. The first-order chi connectivity index (χ1) is 13.3. The lowest BCUT2D eigenvalue weighted by atomic mass is 9.94. The number of nitrogens with one attached hydrogen (secondary N) is 1. The SMILES string of the molecule is O=C(O)c1ccc(Cc2cccc(C(F)(F)F)c2)c2c3c([nH]c12)CCCCC3. The lowest BCUT2D eigenvalue weighted by Gasteiger charge is -2.11. The Balaban J connectivity index is 1.85. The van der Waals surface area contributed by atoms with Gasteiger partial charge in [0.15, 0.2) is 0 Å². The Morgan fingerprint density at radius 2 is 1.86 bits per heavy atom. The molecule has 1 aromatic heterocycles. The summed E-state index contributed by atoms with van der Waals surface area (Å²) >= 11 is 0. The van der Waals surface area contributed by atoms with Gasteiger partial charge in [-0.1, -0.05) is 30.7 Å². The van der Waals surface area contributed by atoms with Crippen LogP contribution in [0.2, 0.25) is 0 Å². The molecule has 3 nitrogen and oxygen atoms in total. The third-order valence-electron chi connectivity index (χ3n) is 5.47. The van der Waals surface area contributed by atoms with Gasteiger partial charge in [0.25, 0.3) is 0 Å². The van der Waals surface area contributed by atoms with E-state index in [1.54, 1.807) is 18.2 Å². The minimum absolute atomic E-state index is 0.205. The molecule has 6 heteroatoms. The Labute approximate surface area is 160 Å². The highest BCUT2D eigenvalue weighted by Crippen LogP contribution is 2.35. The standard InChI is InChI=1S/C22H20F3NO2/c23-22(24,25)15-6-4-5-13(12-15)11-14-9-10-17(21(27)28)20-19(14)16-7-2-1-3-8-18(16)26-20/h4-6,9-10,12,26H,1-3,7-8,11H2,(H,27,28). The largest absolute Gasteiger partial charge is 0.478 e. The number of fused-ring (bicyclic) bond motifs is 3. The van der Waals surface area contributed by atoms with E-state index in [1.165, 1.54) is 12.1 Å². The molecule has 1 heterocycles. The average molecular weight is 387 g/mol. The van der Waals surface area contributed by atoms with Crippen molar-refractivity contribution in [2.45, 2.75) is 44.7 Å². The van der Waals surface area contributed by atoms with Gasteiger partial charge in [0, 0.05) is 11.1 Å². The second-order valence-electron chi connectivity index (χ2n) is 7.35. The van der Waals surface area contributed by atoms with Crippen molar-refractivity contribution in [3.63, 3.8) is 0 Å². The van der Waals surface area contributed by atoms with E-state index in [4.69, 9.17) is 0 Å². The molecule has 146 valence electrons. The Kier molecular flexibility index (Phi) is 4.65. The first kappa shape index (κ1) is 18.6. The van der Waals surface area contributed by atoms with Crippen molar-refractivity contribution >= 4 is 16.9 Å². The van der Waals surface area contributed by atoms with Crippen molar-refractivity contribution in [1.29, 1.82) is 0 Å². The maximum absolute atomic E-state index is 13.1. The summed E-state index contributed by atoms with van der Waals surface area (Å²) in [5, 5.41) is 10.4. The van der Waals surface area contributed by atoms with Crippen LogP contribution in [0.15, 0.2) is 36.4 Å². The van der Waals surface area contributed by atoms with E-state index in [9.17, 15) is 23.1 Å². The van der Waals surface area contributed by atoms with Crippen molar-refractivity contribution in [2.24, 2.45) is 0 Å². The molecule has 2 N–H and O–H groups in total. The highest BCUT2D eigenvalue weighted by Gasteiger charge is 2.30. The zero-order valence-corrected chi connectivity index (χ0v) is 15.2. The number of halogens is 3. The number of aromatic nitrogens is 1. The van der Waals surface area contributed by atoms with E-state index in [-0.39, 0.29) is 5.56 Å². The fraction of sp³-hybridized carbons (Fsp3) is 0.318. The number of aromatic amines is 1. The first-order valence-corrected chi connectivity index (χ1v) is 9.39. The van der Waals surface area contributed by atoms with E-state index in [0.717, 1.165) is 60.4 Å². The average Bonchev–Trinajstić information content (AvgIpc) is 2.84. The summed E-state index contributed by atoms with van der Waals surface area (Å²) in [4.78, 5) is 15.0. The van der Waals surface area contributed by atoms with Crippen molar-refractivity contribution < 1.29 is 23.1 Å². The molecule has 0 saturated carbocycles. The molecule has 0 spiro atoms. The van der Waals surface area contributed by atoms with Gasteiger partial charge in [-0.3, -0.25) is 0 Å². The van der Waals surface area contributed by atoms with E-state index in [1.807, 2.05) is 0 Å². The third-order valence-corrected chi connectivity index (χ3v) is 5.47. The Morgan fingerprint density at radius 1 is 1.07 bits per heavy atom. The third kappa shape index (κ3) is 3.39. The minimum atomic E-state index is -4.39. The Hall–Kier alpha value is -2.76. The second-order valence-corrected chi connectivity index (χ2v) is 7.35. The van der Waals surface area contributed by atoms with Gasteiger partial charge in [-0.15, -0.1) is 0 Å². The van der Waals surface area contributed by atoms with Crippen molar-refractivity contribution in [3.8, 4) is 0 Å². The minimum Gasteiger partial charge on any atom is -0.478 e. The van der Waals surface area contributed by atoms with Crippen LogP contribution < -0.4 is 0 Å². The Bertz CT molecular complexity index is 1050. The van der Waals surface area contributed by atoms with Crippen LogP contribution in [0.4, 0.5) is 13.2 Å². The molecule has 0 aliphatic heterocycles. The molecule has 0 fully saturated rings. The van der Waals surface area contributed by atoms with Crippen molar-refractivity contribution in [3.05, 3.63) is 69.9 Å². The summed E-state index contributed by atoms with van der Waals surface area (Å²) in [5.74, 6) is -1.01. The predicted octanol–water partition coefficient (Wildman–Crippen LogP) is 5.74. The van der Waals surface area contributed by atoms with Crippen LogP contribution in [0.25, 0.3) is 10.9 Å². The molecule has 4 rings (SSSR count). The number of alkyl halides is 3. The van der Waals surface area contributed by atoms with Crippen LogP contribution in [0.5, 0.6) is 0 Å².